The summed E-state index contributed by atoms with van der Waals surface area (Å²) < 4.78 is 1.87. The van der Waals surface area contributed by atoms with E-state index in [4.69, 9.17) is 0 Å². The van der Waals surface area contributed by atoms with Crippen molar-refractivity contribution in [3.63, 3.8) is 0 Å². The van der Waals surface area contributed by atoms with Crippen molar-refractivity contribution in [1.82, 2.24) is 4.98 Å². The molecule has 1 N–H and O–H groups in total. The normalized spacial score (nSPS) is 11.0. The van der Waals surface area contributed by atoms with Gasteiger partial charge in [0.1, 0.15) is 5.35 Å². The lowest BCUT2D eigenvalue weighted by atomic mass is 10.3. The third-order valence-electron chi connectivity index (χ3n) is 2.45. The number of rotatable bonds is 0. The van der Waals surface area contributed by atoms with Crippen LogP contribution in [0.15, 0.2) is 46.0 Å². The minimum Gasteiger partial charge on any atom is -0.350 e. The Hall–Kier alpha value is -1.94. The lowest BCUT2D eigenvalue weighted by Gasteiger charge is -1.97. The van der Waals surface area contributed by atoms with Crippen molar-refractivity contribution in [3.8, 4) is 0 Å². The van der Waals surface area contributed by atoms with Crippen molar-refractivity contribution in [3.05, 3.63) is 66.7 Å². The molecule has 1 aromatic carbocycles. The van der Waals surface area contributed by atoms with Crippen LogP contribution in [0.4, 0.5) is 0 Å². The van der Waals surface area contributed by atoms with Gasteiger partial charge in [0.15, 0.2) is 0 Å². The summed E-state index contributed by atoms with van der Waals surface area (Å²) in [6, 6.07) is 10.7. The Balaban J connectivity index is 2.70. The van der Waals surface area contributed by atoms with Gasteiger partial charge in [-0.2, -0.15) is 0 Å². The summed E-state index contributed by atoms with van der Waals surface area (Å²) >= 11 is 1.50. The molecule has 0 radical (unpaired) electrons. The highest BCUT2D eigenvalue weighted by molar-refractivity contribution is 7.16. The Bertz CT molecular complexity index is 847. The summed E-state index contributed by atoms with van der Waals surface area (Å²) in [5.41, 5.74) is -0.0477. The summed E-state index contributed by atoms with van der Waals surface area (Å²) in [6.45, 7) is 0. The molecule has 4 heteroatoms. The quantitative estimate of drug-likeness (QED) is 0.596. The van der Waals surface area contributed by atoms with Gasteiger partial charge in [-0.1, -0.05) is 12.1 Å². The summed E-state index contributed by atoms with van der Waals surface area (Å²) in [7, 11) is 0. The Morgan fingerprint density at radius 3 is 2.69 bits per heavy atom. The second-order valence-electron chi connectivity index (χ2n) is 3.49. The number of aromatic nitrogens is 1. The maximum absolute atomic E-state index is 11.6. The SMILES string of the molecule is O=c1ccc2sc3ccccc3[nH]c=2c1=O. The summed E-state index contributed by atoms with van der Waals surface area (Å²) in [4.78, 5) is 25.9. The molecule has 1 aliphatic heterocycles. The molecular formula is C12H7NO2S. The van der Waals surface area contributed by atoms with E-state index in [2.05, 4.69) is 4.98 Å². The molecule has 3 nitrogen and oxygen atoms in total. The lowest BCUT2D eigenvalue weighted by molar-refractivity contribution is 1.24. The molecule has 16 heavy (non-hydrogen) atoms. The third-order valence-corrected chi connectivity index (χ3v) is 3.59. The van der Waals surface area contributed by atoms with Crippen molar-refractivity contribution in [2.45, 2.75) is 0 Å². The van der Waals surface area contributed by atoms with Crippen molar-refractivity contribution < 1.29 is 0 Å². The molecule has 3 rings (SSSR count). The van der Waals surface area contributed by atoms with Crippen molar-refractivity contribution in [2.24, 2.45) is 0 Å². The summed E-state index contributed by atoms with van der Waals surface area (Å²) in [5, 5.41) is 0.399. The van der Waals surface area contributed by atoms with Gasteiger partial charge in [0.2, 0.25) is 10.9 Å². The monoisotopic (exact) mass is 229 g/mol. The molecule has 0 spiro atoms. The minimum absolute atomic E-state index is 0.399. The number of hydrogen-bond acceptors (Lipinski definition) is 3. The van der Waals surface area contributed by atoms with Crippen LogP contribution >= 0.6 is 11.3 Å². The van der Waals surface area contributed by atoms with E-state index >= 15 is 0 Å². The minimum atomic E-state index is -0.466. The van der Waals surface area contributed by atoms with Crippen LogP contribution in [0.5, 0.6) is 0 Å². The van der Waals surface area contributed by atoms with Gasteiger partial charge in [-0.25, -0.2) is 0 Å². The van der Waals surface area contributed by atoms with Gasteiger partial charge in [-0.3, -0.25) is 9.59 Å². The van der Waals surface area contributed by atoms with Gasteiger partial charge in [0, 0.05) is 0 Å². The van der Waals surface area contributed by atoms with E-state index < -0.39 is 10.9 Å². The Labute approximate surface area is 93.7 Å². The largest absolute Gasteiger partial charge is 0.350 e. The molecule has 0 aromatic heterocycles. The predicted octanol–water partition coefficient (Wildman–Crippen LogP) is 1.67. The molecule has 1 aliphatic carbocycles. The molecule has 78 valence electrons. The molecule has 0 bridgehead atoms. The Morgan fingerprint density at radius 1 is 1.00 bits per heavy atom. The van der Waals surface area contributed by atoms with Gasteiger partial charge >= 0.3 is 0 Å². The summed E-state index contributed by atoms with van der Waals surface area (Å²) in [5.74, 6) is 0. The highest BCUT2D eigenvalue weighted by Crippen LogP contribution is 2.16. The van der Waals surface area contributed by atoms with Crippen LogP contribution in [0.25, 0.3) is 10.2 Å². The number of para-hydroxylation sites is 1. The van der Waals surface area contributed by atoms with Crippen LogP contribution in [0.1, 0.15) is 0 Å². The zero-order chi connectivity index (χ0) is 11.1. The molecule has 2 aliphatic rings. The fraction of sp³-hybridized carbons (Fsp3) is 0. The average Bonchev–Trinajstić information content (AvgIpc) is 2.32. The van der Waals surface area contributed by atoms with E-state index in [1.807, 2.05) is 24.3 Å². The molecule has 0 saturated carbocycles. The fourth-order valence-corrected chi connectivity index (χ4v) is 2.66. The van der Waals surface area contributed by atoms with Crippen LogP contribution in [0.3, 0.4) is 0 Å². The molecule has 0 atom stereocenters. The number of fused-ring (bicyclic) bond motifs is 1. The first-order chi connectivity index (χ1) is 7.75. The third kappa shape index (κ3) is 1.27. The second kappa shape index (κ2) is 3.28. The summed E-state index contributed by atoms with van der Waals surface area (Å²) in [6.07, 6.45) is 0. The van der Waals surface area contributed by atoms with E-state index in [9.17, 15) is 9.59 Å². The van der Waals surface area contributed by atoms with Gasteiger partial charge in [-0.05, 0) is 24.3 Å². The Kier molecular flexibility index (Phi) is 1.91. The highest BCUT2D eigenvalue weighted by atomic mass is 32.1. The molecule has 0 saturated heterocycles. The molecule has 0 amide bonds. The topological polar surface area (TPSA) is 49.9 Å². The maximum Gasteiger partial charge on any atom is 0.250 e. The predicted molar refractivity (Wildman–Crippen MR) is 64.0 cm³/mol. The molecule has 1 heterocycles. The number of hydrogen-bond donors (Lipinski definition) is 1. The van der Waals surface area contributed by atoms with Crippen LogP contribution in [0, 0.1) is 9.88 Å². The molecule has 0 fully saturated rings. The van der Waals surface area contributed by atoms with Crippen molar-refractivity contribution in [2.75, 3.05) is 0 Å². The van der Waals surface area contributed by atoms with Crippen LogP contribution in [0.2, 0.25) is 0 Å². The van der Waals surface area contributed by atoms with Gasteiger partial charge in [0.05, 0.1) is 14.7 Å². The lowest BCUT2D eigenvalue weighted by Crippen LogP contribution is -2.24. The molecule has 1 aromatic rings. The Morgan fingerprint density at radius 2 is 1.81 bits per heavy atom. The van der Waals surface area contributed by atoms with Gasteiger partial charge < -0.3 is 4.98 Å². The number of H-pyrrole nitrogens is 1. The first-order valence-electron chi connectivity index (χ1n) is 4.80. The van der Waals surface area contributed by atoms with Crippen LogP contribution < -0.4 is 10.9 Å². The zero-order valence-electron chi connectivity index (χ0n) is 8.19. The standard InChI is InChI=1S/C12H7NO2S/c14-8-5-6-10-11(12(8)15)13-7-3-1-2-4-9(7)16-10/h1-6,13H. The number of aromatic amines is 1. The van der Waals surface area contributed by atoms with Crippen molar-refractivity contribution in [1.29, 1.82) is 0 Å². The first kappa shape index (κ1) is 9.30. The maximum atomic E-state index is 11.6. The van der Waals surface area contributed by atoms with E-state index in [0.717, 1.165) is 14.7 Å². The van der Waals surface area contributed by atoms with E-state index in [1.54, 1.807) is 6.07 Å². The van der Waals surface area contributed by atoms with Crippen molar-refractivity contribution >= 4 is 21.6 Å². The van der Waals surface area contributed by atoms with Gasteiger partial charge in [-0.15, -0.1) is 11.3 Å². The molecule has 0 unspecified atom stereocenters. The zero-order valence-corrected chi connectivity index (χ0v) is 9.01. The molecular weight excluding hydrogens is 222 g/mol. The van der Waals surface area contributed by atoms with Crippen LogP contribution in [-0.2, 0) is 0 Å². The number of nitrogens with one attached hydrogen (secondary N) is 1. The average molecular weight is 229 g/mol. The number of benzene rings is 1. The first-order valence-corrected chi connectivity index (χ1v) is 5.62. The van der Waals surface area contributed by atoms with E-state index in [-0.39, 0.29) is 0 Å². The second-order valence-corrected chi connectivity index (χ2v) is 4.57. The van der Waals surface area contributed by atoms with E-state index in [0.29, 0.717) is 5.35 Å². The van der Waals surface area contributed by atoms with E-state index in [1.165, 1.54) is 17.4 Å². The smallest absolute Gasteiger partial charge is 0.250 e. The highest BCUT2D eigenvalue weighted by Gasteiger charge is 2.01. The van der Waals surface area contributed by atoms with Crippen LogP contribution in [-0.4, -0.2) is 4.98 Å². The van der Waals surface area contributed by atoms with Gasteiger partial charge in [0.25, 0.3) is 0 Å². The fourth-order valence-electron chi connectivity index (χ4n) is 1.66.